The Kier molecular flexibility index (Phi) is 6.32. The molecule has 1 fully saturated rings. The van der Waals surface area contributed by atoms with E-state index in [1.54, 1.807) is 0 Å². The molecule has 1 rings (SSSR count). The second-order valence-electron chi connectivity index (χ2n) is 6.53. The van der Waals surface area contributed by atoms with Gasteiger partial charge in [-0.05, 0) is 42.9 Å². The van der Waals surface area contributed by atoms with Gasteiger partial charge in [-0.1, -0.05) is 20.8 Å². The number of rotatable bonds is 8. The van der Waals surface area contributed by atoms with Crippen molar-refractivity contribution in [3.8, 4) is 0 Å². The summed E-state index contributed by atoms with van der Waals surface area (Å²) in [6.07, 6.45) is 2.75. The number of nitrogens with zero attached hydrogens (tertiary/aromatic N) is 1. The maximum absolute atomic E-state index is 5.67. The Morgan fingerprint density at radius 2 is 2.00 bits per heavy atom. The molecule has 0 N–H and O–H groups in total. The summed E-state index contributed by atoms with van der Waals surface area (Å²) in [6.45, 7) is 10.9. The Labute approximate surface area is 113 Å². The third-order valence-corrected chi connectivity index (χ3v) is 4.09. The molecule has 0 amide bonds. The van der Waals surface area contributed by atoms with E-state index in [9.17, 15) is 0 Å². The van der Waals surface area contributed by atoms with E-state index in [0.29, 0.717) is 11.3 Å². The van der Waals surface area contributed by atoms with Crippen LogP contribution in [0.3, 0.4) is 0 Å². The Morgan fingerprint density at radius 1 is 1.35 bits per heavy atom. The summed E-state index contributed by atoms with van der Waals surface area (Å²) in [7, 11) is 2.18. The van der Waals surface area contributed by atoms with Crippen molar-refractivity contribution in [3.05, 3.63) is 0 Å². The van der Waals surface area contributed by atoms with Gasteiger partial charge in [-0.2, -0.15) is 12.6 Å². The van der Waals surface area contributed by atoms with Crippen molar-refractivity contribution in [2.75, 3.05) is 39.1 Å². The molecule has 1 saturated carbocycles. The second kappa shape index (κ2) is 7.01. The summed E-state index contributed by atoms with van der Waals surface area (Å²) in [5, 5.41) is 0. The van der Waals surface area contributed by atoms with Crippen LogP contribution >= 0.6 is 12.6 Å². The topological polar surface area (TPSA) is 12.5 Å². The van der Waals surface area contributed by atoms with Gasteiger partial charge in [0.15, 0.2) is 0 Å². The molecule has 1 aliphatic rings. The molecule has 3 heteroatoms. The van der Waals surface area contributed by atoms with Crippen LogP contribution in [0.1, 0.15) is 33.6 Å². The van der Waals surface area contributed by atoms with Crippen molar-refractivity contribution in [1.29, 1.82) is 0 Å². The van der Waals surface area contributed by atoms with Crippen LogP contribution in [0, 0.1) is 17.3 Å². The molecule has 0 saturated heterocycles. The maximum atomic E-state index is 5.67. The lowest BCUT2D eigenvalue weighted by molar-refractivity contribution is 0.0921. The lowest BCUT2D eigenvalue weighted by Crippen LogP contribution is -2.36. The number of ether oxygens (including phenoxy) is 1. The summed E-state index contributed by atoms with van der Waals surface area (Å²) >= 11 is 4.47. The molecule has 0 aromatic rings. The third kappa shape index (κ3) is 6.68. The predicted octanol–water partition coefficient (Wildman–Crippen LogP) is 2.94. The second-order valence-corrected chi connectivity index (χ2v) is 6.89. The highest BCUT2D eigenvalue weighted by atomic mass is 32.1. The monoisotopic (exact) mass is 259 g/mol. The molecule has 2 nitrogen and oxygen atoms in total. The first kappa shape index (κ1) is 15.3. The number of hydrogen-bond donors (Lipinski definition) is 1. The van der Waals surface area contributed by atoms with Crippen molar-refractivity contribution in [2.24, 2.45) is 17.3 Å². The molecule has 0 aliphatic heterocycles. The van der Waals surface area contributed by atoms with Gasteiger partial charge in [0, 0.05) is 19.7 Å². The zero-order valence-electron chi connectivity index (χ0n) is 11.9. The molecule has 0 bridgehead atoms. The normalized spacial score (nSPS) is 18.7. The summed E-state index contributed by atoms with van der Waals surface area (Å²) in [6, 6.07) is 0. The summed E-state index contributed by atoms with van der Waals surface area (Å²) in [4.78, 5) is 2.37. The van der Waals surface area contributed by atoms with Gasteiger partial charge in [-0.15, -0.1) is 0 Å². The van der Waals surface area contributed by atoms with Crippen molar-refractivity contribution in [3.63, 3.8) is 0 Å². The molecule has 1 unspecified atom stereocenters. The SMILES string of the molecule is CN(CCOCC1CC1)CC(CS)C(C)(C)C. The Morgan fingerprint density at radius 3 is 2.47 bits per heavy atom. The summed E-state index contributed by atoms with van der Waals surface area (Å²) in [5.41, 5.74) is 0.338. The minimum atomic E-state index is 0.338. The Hall–Kier alpha value is 0.270. The van der Waals surface area contributed by atoms with Gasteiger partial charge in [0.2, 0.25) is 0 Å². The van der Waals surface area contributed by atoms with Gasteiger partial charge >= 0.3 is 0 Å². The van der Waals surface area contributed by atoms with Gasteiger partial charge in [0.1, 0.15) is 0 Å². The average Bonchev–Trinajstić information content (AvgIpc) is 3.03. The van der Waals surface area contributed by atoms with E-state index >= 15 is 0 Å². The van der Waals surface area contributed by atoms with Crippen molar-refractivity contribution >= 4 is 12.6 Å². The summed E-state index contributed by atoms with van der Waals surface area (Å²) in [5.74, 6) is 2.47. The lowest BCUT2D eigenvalue weighted by atomic mass is 9.81. The van der Waals surface area contributed by atoms with Gasteiger partial charge < -0.3 is 9.64 Å². The van der Waals surface area contributed by atoms with Crippen LogP contribution in [0.15, 0.2) is 0 Å². The molecular formula is C14H29NOS. The molecule has 0 radical (unpaired) electrons. The van der Waals surface area contributed by atoms with E-state index in [4.69, 9.17) is 4.74 Å². The van der Waals surface area contributed by atoms with E-state index in [1.807, 2.05) is 0 Å². The standard InChI is InChI=1S/C14H29NOS/c1-14(2,3)13(11-17)9-15(4)7-8-16-10-12-5-6-12/h12-13,17H,5-11H2,1-4H3. The van der Waals surface area contributed by atoms with Crippen molar-refractivity contribution in [1.82, 2.24) is 4.90 Å². The van der Waals surface area contributed by atoms with Crippen LogP contribution < -0.4 is 0 Å². The first-order chi connectivity index (χ1) is 7.93. The Balaban J connectivity index is 2.10. The molecule has 0 aromatic heterocycles. The highest BCUT2D eigenvalue weighted by Crippen LogP contribution is 2.29. The van der Waals surface area contributed by atoms with Gasteiger partial charge in [-0.3, -0.25) is 0 Å². The van der Waals surface area contributed by atoms with Crippen LogP contribution in [0.4, 0.5) is 0 Å². The van der Waals surface area contributed by atoms with Crippen LogP contribution in [0.2, 0.25) is 0 Å². The van der Waals surface area contributed by atoms with E-state index in [0.717, 1.165) is 38.0 Å². The predicted molar refractivity (Wildman–Crippen MR) is 77.8 cm³/mol. The molecule has 17 heavy (non-hydrogen) atoms. The largest absolute Gasteiger partial charge is 0.380 e. The van der Waals surface area contributed by atoms with Gasteiger partial charge in [-0.25, -0.2) is 0 Å². The van der Waals surface area contributed by atoms with E-state index in [2.05, 4.69) is 45.3 Å². The Bertz CT molecular complexity index is 211. The van der Waals surface area contributed by atoms with Gasteiger partial charge in [0.25, 0.3) is 0 Å². The van der Waals surface area contributed by atoms with Gasteiger partial charge in [0.05, 0.1) is 6.61 Å². The zero-order valence-corrected chi connectivity index (χ0v) is 12.8. The molecule has 0 heterocycles. The first-order valence-corrected chi connectivity index (χ1v) is 7.44. The van der Waals surface area contributed by atoms with Crippen LogP contribution in [0.5, 0.6) is 0 Å². The lowest BCUT2D eigenvalue weighted by Gasteiger charge is -2.33. The minimum absolute atomic E-state index is 0.338. The van der Waals surface area contributed by atoms with Crippen LogP contribution in [-0.4, -0.2) is 44.0 Å². The highest BCUT2D eigenvalue weighted by molar-refractivity contribution is 7.80. The fraction of sp³-hybridized carbons (Fsp3) is 1.00. The zero-order chi connectivity index (χ0) is 12.9. The first-order valence-electron chi connectivity index (χ1n) is 6.80. The molecule has 1 atom stereocenters. The number of likely N-dealkylation sites (N-methyl/N-ethyl adjacent to an activating group) is 1. The molecule has 0 spiro atoms. The molecular weight excluding hydrogens is 230 g/mol. The number of thiol groups is 1. The summed E-state index contributed by atoms with van der Waals surface area (Å²) < 4.78 is 5.67. The molecule has 0 aromatic carbocycles. The quantitative estimate of drug-likeness (QED) is 0.531. The van der Waals surface area contributed by atoms with E-state index < -0.39 is 0 Å². The smallest absolute Gasteiger partial charge is 0.0593 e. The molecule has 102 valence electrons. The van der Waals surface area contributed by atoms with Crippen LogP contribution in [-0.2, 0) is 4.74 Å². The van der Waals surface area contributed by atoms with E-state index in [-0.39, 0.29) is 0 Å². The van der Waals surface area contributed by atoms with E-state index in [1.165, 1.54) is 12.8 Å². The van der Waals surface area contributed by atoms with Crippen LogP contribution in [0.25, 0.3) is 0 Å². The van der Waals surface area contributed by atoms with Crippen molar-refractivity contribution < 1.29 is 4.74 Å². The maximum Gasteiger partial charge on any atom is 0.0593 e. The fourth-order valence-corrected chi connectivity index (χ4v) is 2.49. The fourth-order valence-electron chi connectivity index (χ4n) is 1.83. The van der Waals surface area contributed by atoms with Crippen molar-refractivity contribution in [2.45, 2.75) is 33.6 Å². The highest BCUT2D eigenvalue weighted by Gasteiger charge is 2.24. The average molecular weight is 259 g/mol. The minimum Gasteiger partial charge on any atom is -0.380 e. The number of hydrogen-bond acceptors (Lipinski definition) is 3. The third-order valence-electron chi connectivity index (χ3n) is 3.65. The molecule has 1 aliphatic carbocycles.